The van der Waals surface area contributed by atoms with Crippen molar-refractivity contribution in [3.63, 3.8) is 0 Å². The first-order valence-electron chi connectivity index (χ1n) is 8.52. The maximum absolute atomic E-state index is 4.56. The average molecular weight is 382 g/mol. The van der Waals surface area contributed by atoms with Gasteiger partial charge >= 0.3 is 0 Å². The van der Waals surface area contributed by atoms with E-state index in [1.807, 2.05) is 69.6 Å². The van der Waals surface area contributed by atoms with Crippen molar-refractivity contribution in [2.24, 2.45) is 0 Å². The van der Waals surface area contributed by atoms with E-state index in [0.717, 1.165) is 33.3 Å². The molecule has 0 spiro atoms. The normalized spacial score (nSPS) is 10.5. The first-order valence-corrected chi connectivity index (χ1v) is 9.34. The Labute approximate surface area is 163 Å². The van der Waals surface area contributed by atoms with Crippen molar-refractivity contribution >= 4 is 40.8 Å². The van der Waals surface area contributed by atoms with Crippen LogP contribution in [0.3, 0.4) is 0 Å². The average Bonchev–Trinajstić information content (AvgIpc) is 2.66. The molecule has 7 nitrogen and oxygen atoms in total. The van der Waals surface area contributed by atoms with Crippen molar-refractivity contribution in [1.29, 1.82) is 0 Å². The molecule has 140 valence electrons. The fraction of sp³-hybridized carbons (Fsp3) is 0.158. The molecule has 27 heavy (non-hydrogen) atoms. The molecule has 0 aliphatic carbocycles. The SMILES string of the molecule is CNNc1cccc(Nc2ccnc(Nc3cccc(SNC)c3)n2)c1C. The molecule has 0 radical (unpaired) electrons. The van der Waals surface area contributed by atoms with Crippen molar-refractivity contribution in [1.82, 2.24) is 20.1 Å². The zero-order valence-electron chi connectivity index (χ0n) is 15.5. The summed E-state index contributed by atoms with van der Waals surface area (Å²) in [6.45, 7) is 2.05. The zero-order chi connectivity index (χ0) is 19.1. The standard InChI is InChI=1S/C19H23N7S/c1-13-16(8-5-9-17(13)26-20-2)24-18-10-11-22-19(25-18)23-14-6-4-7-15(12-14)27-21-3/h4-12,20-21,26H,1-3H3,(H2,22,23,24,25). The van der Waals surface area contributed by atoms with Gasteiger partial charge in [0.05, 0.1) is 5.69 Å². The van der Waals surface area contributed by atoms with Gasteiger partial charge in [-0.25, -0.2) is 10.4 Å². The number of nitrogens with zero attached hydrogens (tertiary/aromatic N) is 2. The Balaban J connectivity index is 1.76. The molecular weight excluding hydrogens is 358 g/mol. The van der Waals surface area contributed by atoms with Gasteiger partial charge in [-0.15, -0.1) is 0 Å². The lowest BCUT2D eigenvalue weighted by atomic mass is 10.1. The predicted molar refractivity (Wildman–Crippen MR) is 114 cm³/mol. The number of anilines is 5. The van der Waals surface area contributed by atoms with E-state index in [0.29, 0.717) is 5.95 Å². The first-order chi connectivity index (χ1) is 13.2. The minimum absolute atomic E-state index is 0.536. The smallest absolute Gasteiger partial charge is 0.229 e. The van der Waals surface area contributed by atoms with Gasteiger partial charge in [0, 0.05) is 29.5 Å². The van der Waals surface area contributed by atoms with E-state index < -0.39 is 0 Å². The molecule has 0 amide bonds. The van der Waals surface area contributed by atoms with Gasteiger partial charge < -0.3 is 16.1 Å². The summed E-state index contributed by atoms with van der Waals surface area (Å²) >= 11 is 1.56. The molecule has 2 aromatic carbocycles. The zero-order valence-corrected chi connectivity index (χ0v) is 16.3. The van der Waals surface area contributed by atoms with E-state index in [1.165, 1.54) is 0 Å². The third-order valence-electron chi connectivity index (χ3n) is 3.82. The van der Waals surface area contributed by atoms with Crippen LogP contribution in [0.5, 0.6) is 0 Å². The Morgan fingerprint density at radius 2 is 1.74 bits per heavy atom. The Morgan fingerprint density at radius 3 is 2.56 bits per heavy atom. The van der Waals surface area contributed by atoms with Crippen LogP contribution in [-0.4, -0.2) is 24.1 Å². The molecule has 0 saturated heterocycles. The highest BCUT2D eigenvalue weighted by molar-refractivity contribution is 7.97. The van der Waals surface area contributed by atoms with Crippen LogP contribution in [0, 0.1) is 6.92 Å². The van der Waals surface area contributed by atoms with E-state index in [1.54, 1.807) is 18.1 Å². The van der Waals surface area contributed by atoms with E-state index in [2.05, 4.69) is 36.2 Å². The lowest BCUT2D eigenvalue weighted by Crippen LogP contribution is -2.16. The van der Waals surface area contributed by atoms with Gasteiger partial charge in [-0.2, -0.15) is 4.98 Å². The summed E-state index contributed by atoms with van der Waals surface area (Å²) in [5, 5.41) is 6.61. The number of benzene rings is 2. The Kier molecular flexibility index (Phi) is 6.48. The molecule has 3 aromatic rings. The quantitative estimate of drug-likeness (QED) is 0.295. The third-order valence-corrected chi connectivity index (χ3v) is 4.52. The number of aromatic nitrogens is 2. The van der Waals surface area contributed by atoms with Gasteiger partial charge in [0.25, 0.3) is 0 Å². The number of hydrazine groups is 1. The molecule has 8 heteroatoms. The molecule has 0 aliphatic rings. The molecule has 0 atom stereocenters. The van der Waals surface area contributed by atoms with Gasteiger partial charge in [0.15, 0.2) is 0 Å². The molecule has 1 heterocycles. The van der Waals surface area contributed by atoms with E-state index >= 15 is 0 Å². The van der Waals surface area contributed by atoms with Crippen LogP contribution < -0.4 is 26.2 Å². The topological polar surface area (TPSA) is 85.9 Å². The van der Waals surface area contributed by atoms with Crippen molar-refractivity contribution in [3.8, 4) is 0 Å². The van der Waals surface area contributed by atoms with Crippen LogP contribution in [0.1, 0.15) is 5.56 Å². The maximum Gasteiger partial charge on any atom is 0.229 e. The summed E-state index contributed by atoms with van der Waals surface area (Å²) in [5.41, 5.74) is 10.1. The van der Waals surface area contributed by atoms with Gasteiger partial charge in [-0.05, 0) is 67.9 Å². The highest BCUT2D eigenvalue weighted by atomic mass is 32.2. The molecule has 0 bridgehead atoms. The van der Waals surface area contributed by atoms with Crippen molar-refractivity contribution in [2.45, 2.75) is 11.8 Å². The molecule has 0 fully saturated rings. The molecule has 0 saturated carbocycles. The monoisotopic (exact) mass is 381 g/mol. The molecule has 0 unspecified atom stereocenters. The summed E-state index contributed by atoms with van der Waals surface area (Å²) in [6.07, 6.45) is 1.73. The minimum atomic E-state index is 0.536. The van der Waals surface area contributed by atoms with Crippen molar-refractivity contribution in [3.05, 3.63) is 60.3 Å². The van der Waals surface area contributed by atoms with Crippen LogP contribution in [0.15, 0.2) is 59.6 Å². The van der Waals surface area contributed by atoms with Crippen LogP contribution in [0.2, 0.25) is 0 Å². The van der Waals surface area contributed by atoms with E-state index in [-0.39, 0.29) is 0 Å². The Bertz CT molecular complexity index is 901. The number of hydrogen-bond acceptors (Lipinski definition) is 8. The summed E-state index contributed by atoms with van der Waals surface area (Å²) in [7, 11) is 3.73. The molecule has 5 N–H and O–H groups in total. The van der Waals surface area contributed by atoms with Crippen LogP contribution in [0.4, 0.5) is 28.8 Å². The lowest BCUT2D eigenvalue weighted by Gasteiger charge is -2.14. The molecule has 3 rings (SSSR count). The fourth-order valence-electron chi connectivity index (χ4n) is 2.55. The summed E-state index contributed by atoms with van der Waals surface area (Å²) in [5.74, 6) is 1.26. The van der Waals surface area contributed by atoms with Gasteiger partial charge in [-0.1, -0.05) is 12.1 Å². The van der Waals surface area contributed by atoms with Gasteiger partial charge in [-0.3, -0.25) is 4.72 Å². The summed E-state index contributed by atoms with van der Waals surface area (Å²) in [6, 6.07) is 15.9. The second-order valence-electron chi connectivity index (χ2n) is 5.70. The van der Waals surface area contributed by atoms with Crippen LogP contribution in [-0.2, 0) is 0 Å². The summed E-state index contributed by atoms with van der Waals surface area (Å²) < 4.78 is 3.07. The molecule has 0 aliphatic heterocycles. The second-order valence-corrected chi connectivity index (χ2v) is 6.79. The minimum Gasteiger partial charge on any atom is -0.340 e. The fourth-order valence-corrected chi connectivity index (χ4v) is 3.12. The van der Waals surface area contributed by atoms with Crippen LogP contribution >= 0.6 is 11.9 Å². The number of nitrogens with one attached hydrogen (secondary N) is 5. The van der Waals surface area contributed by atoms with Gasteiger partial charge in [0.1, 0.15) is 5.82 Å². The first kappa shape index (κ1) is 19.0. The van der Waals surface area contributed by atoms with Crippen LogP contribution in [0.25, 0.3) is 0 Å². The number of hydrogen-bond donors (Lipinski definition) is 5. The predicted octanol–water partition coefficient (Wildman–Crippen LogP) is 4.05. The third kappa shape index (κ3) is 5.10. The van der Waals surface area contributed by atoms with Gasteiger partial charge in [0.2, 0.25) is 5.95 Å². The highest BCUT2D eigenvalue weighted by Gasteiger charge is 2.06. The molecule has 1 aromatic heterocycles. The summed E-state index contributed by atoms with van der Waals surface area (Å²) in [4.78, 5) is 9.99. The largest absolute Gasteiger partial charge is 0.340 e. The Morgan fingerprint density at radius 1 is 0.926 bits per heavy atom. The van der Waals surface area contributed by atoms with Crippen molar-refractivity contribution < 1.29 is 0 Å². The van der Waals surface area contributed by atoms with E-state index in [4.69, 9.17) is 0 Å². The number of rotatable bonds is 8. The maximum atomic E-state index is 4.56. The van der Waals surface area contributed by atoms with E-state index in [9.17, 15) is 0 Å². The Hall–Kier alpha value is -2.81. The second kappa shape index (κ2) is 9.22. The molecular formula is C19H23N7S. The highest BCUT2D eigenvalue weighted by Crippen LogP contribution is 2.26. The lowest BCUT2D eigenvalue weighted by molar-refractivity contribution is 0.980. The van der Waals surface area contributed by atoms with Crippen molar-refractivity contribution in [2.75, 3.05) is 30.2 Å².